The van der Waals surface area contributed by atoms with Gasteiger partial charge < -0.3 is 15.3 Å². The van der Waals surface area contributed by atoms with E-state index in [1.165, 1.54) is 18.3 Å². The van der Waals surface area contributed by atoms with Crippen LogP contribution in [0.5, 0.6) is 0 Å². The maximum atomic E-state index is 12.4. The van der Waals surface area contributed by atoms with Crippen LogP contribution in [0.4, 0.5) is 0 Å². The van der Waals surface area contributed by atoms with Crippen LogP contribution in [-0.4, -0.2) is 40.9 Å². The molecule has 0 bridgehead atoms. The summed E-state index contributed by atoms with van der Waals surface area (Å²) in [6.45, 7) is 3.96. The van der Waals surface area contributed by atoms with Gasteiger partial charge in [-0.25, -0.2) is 0 Å². The molecule has 1 aliphatic heterocycles. The van der Waals surface area contributed by atoms with Gasteiger partial charge in [-0.2, -0.15) is 0 Å². The first-order chi connectivity index (χ1) is 10.4. The number of thiophene rings is 1. The Kier molecular flexibility index (Phi) is 5.18. The molecular weight excluding hydrogens is 304 g/mol. The summed E-state index contributed by atoms with van der Waals surface area (Å²) in [6, 6.07) is 3.40. The van der Waals surface area contributed by atoms with Crippen molar-refractivity contribution < 1.29 is 19.5 Å². The molecule has 1 fully saturated rings. The van der Waals surface area contributed by atoms with Crippen molar-refractivity contribution in [3.05, 3.63) is 22.4 Å². The van der Waals surface area contributed by atoms with E-state index in [0.29, 0.717) is 6.54 Å². The molecule has 0 saturated carbocycles. The fourth-order valence-corrected chi connectivity index (χ4v) is 3.53. The largest absolute Gasteiger partial charge is 0.481 e. The number of carboxylic acids is 1. The van der Waals surface area contributed by atoms with Crippen LogP contribution >= 0.6 is 11.3 Å². The maximum absolute atomic E-state index is 12.4. The second-order valence-electron chi connectivity index (χ2n) is 5.69. The highest BCUT2D eigenvalue weighted by Gasteiger charge is 2.37. The predicted molar refractivity (Wildman–Crippen MR) is 82.4 cm³/mol. The summed E-state index contributed by atoms with van der Waals surface area (Å²) < 4.78 is 0. The summed E-state index contributed by atoms with van der Waals surface area (Å²) in [5, 5.41) is 13.8. The van der Waals surface area contributed by atoms with Gasteiger partial charge in [0, 0.05) is 24.9 Å². The Labute approximate surface area is 133 Å². The van der Waals surface area contributed by atoms with Crippen LogP contribution in [0.3, 0.4) is 0 Å². The number of aliphatic carboxylic acids is 1. The summed E-state index contributed by atoms with van der Waals surface area (Å²) >= 11 is 1.48. The molecule has 22 heavy (non-hydrogen) atoms. The summed E-state index contributed by atoms with van der Waals surface area (Å²) in [7, 11) is 0. The van der Waals surface area contributed by atoms with Crippen molar-refractivity contribution in [2.75, 3.05) is 13.1 Å². The number of carbonyl (C=O) groups excluding carboxylic acids is 2. The molecular formula is C15H20N2O4S. The zero-order valence-corrected chi connectivity index (χ0v) is 13.4. The second-order valence-corrected chi connectivity index (χ2v) is 6.67. The van der Waals surface area contributed by atoms with E-state index in [2.05, 4.69) is 5.32 Å². The van der Waals surface area contributed by atoms with Crippen molar-refractivity contribution in [1.82, 2.24) is 10.2 Å². The van der Waals surface area contributed by atoms with Gasteiger partial charge in [0.25, 0.3) is 0 Å². The summed E-state index contributed by atoms with van der Waals surface area (Å²) in [5.41, 5.74) is 0. The average Bonchev–Trinajstić information content (AvgIpc) is 3.06. The second kappa shape index (κ2) is 6.91. The van der Waals surface area contributed by atoms with Crippen molar-refractivity contribution >= 4 is 29.1 Å². The molecule has 0 aromatic carbocycles. The lowest BCUT2D eigenvalue weighted by molar-refractivity contribution is -0.142. The SMILES string of the molecule is CC(=O)NC(CC(=O)N1C[C@@H](C)[C@H](C(=O)O)C1)c1cccs1. The molecule has 7 heteroatoms. The molecule has 6 nitrogen and oxygen atoms in total. The van der Waals surface area contributed by atoms with Crippen molar-refractivity contribution in [2.24, 2.45) is 11.8 Å². The zero-order valence-electron chi connectivity index (χ0n) is 12.6. The predicted octanol–water partition coefficient (Wildman–Crippen LogP) is 1.49. The number of likely N-dealkylation sites (tertiary alicyclic amines) is 1. The number of nitrogens with one attached hydrogen (secondary N) is 1. The number of nitrogens with zero attached hydrogens (tertiary/aromatic N) is 1. The fourth-order valence-electron chi connectivity index (χ4n) is 2.75. The standard InChI is InChI=1S/C15H20N2O4S/c1-9-7-17(8-11(9)15(20)21)14(19)6-12(16-10(2)18)13-4-3-5-22-13/h3-5,9,11-12H,6-8H2,1-2H3,(H,16,18)(H,20,21)/t9-,11-,12?/m1/s1. The first-order valence-electron chi connectivity index (χ1n) is 7.19. The van der Waals surface area contributed by atoms with Gasteiger partial charge in [-0.3, -0.25) is 14.4 Å². The van der Waals surface area contributed by atoms with Gasteiger partial charge in [0.1, 0.15) is 0 Å². The smallest absolute Gasteiger partial charge is 0.308 e. The molecule has 0 aliphatic carbocycles. The average molecular weight is 324 g/mol. The molecule has 2 amide bonds. The summed E-state index contributed by atoms with van der Waals surface area (Å²) in [6.07, 6.45) is 0.152. The van der Waals surface area contributed by atoms with Gasteiger partial charge in [-0.1, -0.05) is 13.0 Å². The topological polar surface area (TPSA) is 86.7 Å². The normalized spacial score (nSPS) is 22.4. The number of carboxylic acid groups (broad SMARTS) is 1. The lowest BCUT2D eigenvalue weighted by Gasteiger charge is -2.21. The van der Waals surface area contributed by atoms with Crippen molar-refractivity contribution in [3.8, 4) is 0 Å². The number of hydrogen-bond acceptors (Lipinski definition) is 4. The summed E-state index contributed by atoms with van der Waals surface area (Å²) in [5.74, 6) is -1.74. The Morgan fingerprint density at radius 1 is 1.45 bits per heavy atom. The third kappa shape index (κ3) is 3.85. The van der Waals surface area contributed by atoms with E-state index in [1.54, 1.807) is 4.90 Å². The van der Waals surface area contributed by atoms with Crippen LogP contribution in [0, 0.1) is 11.8 Å². The van der Waals surface area contributed by atoms with Crippen molar-refractivity contribution in [1.29, 1.82) is 0 Å². The van der Waals surface area contributed by atoms with E-state index >= 15 is 0 Å². The van der Waals surface area contributed by atoms with Crippen molar-refractivity contribution in [2.45, 2.75) is 26.3 Å². The van der Waals surface area contributed by atoms with Crippen LogP contribution in [0.15, 0.2) is 17.5 Å². The number of carbonyl (C=O) groups is 3. The van der Waals surface area contributed by atoms with Gasteiger partial charge in [-0.15, -0.1) is 11.3 Å². The third-order valence-corrected chi connectivity index (χ3v) is 4.91. The molecule has 120 valence electrons. The van der Waals surface area contributed by atoms with Gasteiger partial charge in [0.15, 0.2) is 0 Å². The van der Waals surface area contributed by atoms with Gasteiger partial charge in [0.2, 0.25) is 11.8 Å². The first-order valence-corrected chi connectivity index (χ1v) is 8.07. The number of hydrogen-bond donors (Lipinski definition) is 2. The Morgan fingerprint density at radius 3 is 2.68 bits per heavy atom. The molecule has 2 heterocycles. The molecule has 1 saturated heterocycles. The van der Waals surface area contributed by atoms with Gasteiger partial charge in [0.05, 0.1) is 18.4 Å². The first kappa shape index (κ1) is 16.5. The van der Waals surface area contributed by atoms with Gasteiger partial charge in [-0.05, 0) is 17.4 Å². The maximum Gasteiger partial charge on any atom is 0.308 e. The molecule has 1 aliphatic rings. The van der Waals surface area contributed by atoms with Crippen molar-refractivity contribution in [3.63, 3.8) is 0 Å². The van der Waals surface area contributed by atoms with E-state index in [4.69, 9.17) is 5.11 Å². The molecule has 0 spiro atoms. The Hall–Kier alpha value is -1.89. The Balaban J connectivity index is 2.03. The van der Waals surface area contributed by atoms with E-state index < -0.39 is 11.9 Å². The molecule has 1 aromatic heterocycles. The third-order valence-electron chi connectivity index (χ3n) is 3.93. The Morgan fingerprint density at radius 2 is 2.18 bits per heavy atom. The molecule has 3 atom stereocenters. The number of rotatable bonds is 5. The minimum absolute atomic E-state index is 0.0533. The molecule has 0 radical (unpaired) electrons. The van der Waals surface area contributed by atoms with Crippen LogP contribution < -0.4 is 5.32 Å². The summed E-state index contributed by atoms with van der Waals surface area (Å²) in [4.78, 5) is 37.4. The van der Waals surface area contributed by atoms with Crippen LogP contribution in [0.2, 0.25) is 0 Å². The zero-order chi connectivity index (χ0) is 16.3. The minimum Gasteiger partial charge on any atom is -0.481 e. The highest BCUT2D eigenvalue weighted by Crippen LogP contribution is 2.27. The van der Waals surface area contributed by atoms with Crippen LogP contribution in [-0.2, 0) is 14.4 Å². The lowest BCUT2D eigenvalue weighted by Crippen LogP contribution is -2.35. The van der Waals surface area contributed by atoms with Crippen LogP contribution in [0.25, 0.3) is 0 Å². The highest BCUT2D eigenvalue weighted by atomic mass is 32.1. The number of amides is 2. The minimum atomic E-state index is -0.862. The monoisotopic (exact) mass is 324 g/mol. The van der Waals surface area contributed by atoms with E-state index in [1.807, 2.05) is 24.4 Å². The van der Waals surface area contributed by atoms with E-state index in [0.717, 1.165) is 4.88 Å². The van der Waals surface area contributed by atoms with E-state index in [9.17, 15) is 14.4 Å². The van der Waals surface area contributed by atoms with Gasteiger partial charge >= 0.3 is 5.97 Å². The highest BCUT2D eigenvalue weighted by molar-refractivity contribution is 7.10. The Bertz CT molecular complexity index is 558. The fraction of sp³-hybridized carbons (Fsp3) is 0.533. The molecule has 1 aromatic rings. The molecule has 1 unspecified atom stereocenters. The van der Waals surface area contributed by atoms with E-state index in [-0.39, 0.29) is 36.7 Å². The lowest BCUT2D eigenvalue weighted by atomic mass is 9.99. The van der Waals surface area contributed by atoms with Crippen LogP contribution in [0.1, 0.15) is 31.2 Å². The quantitative estimate of drug-likeness (QED) is 0.859. The molecule has 2 N–H and O–H groups in total. The molecule has 2 rings (SSSR count).